The van der Waals surface area contributed by atoms with Gasteiger partial charge in [0.2, 0.25) is 0 Å². The average molecular weight is 287 g/mol. The van der Waals surface area contributed by atoms with Crippen LogP contribution in [0.5, 0.6) is 0 Å². The van der Waals surface area contributed by atoms with Gasteiger partial charge in [0.15, 0.2) is 5.82 Å². The van der Waals surface area contributed by atoms with Gasteiger partial charge in [-0.15, -0.1) is 15.3 Å². The highest BCUT2D eigenvalue weighted by molar-refractivity contribution is 5.00. The van der Waals surface area contributed by atoms with E-state index >= 15 is 0 Å². The van der Waals surface area contributed by atoms with Crippen LogP contribution in [-0.4, -0.2) is 36.3 Å². The van der Waals surface area contributed by atoms with Gasteiger partial charge in [-0.25, -0.2) is 4.68 Å². The van der Waals surface area contributed by atoms with Crippen LogP contribution in [-0.2, 0) is 26.1 Å². The third-order valence-corrected chi connectivity index (χ3v) is 4.26. The van der Waals surface area contributed by atoms with Crippen LogP contribution in [0.4, 0.5) is 0 Å². The highest BCUT2D eigenvalue weighted by Crippen LogP contribution is 2.27. The van der Waals surface area contributed by atoms with Gasteiger partial charge in [-0.1, -0.05) is 5.21 Å². The van der Waals surface area contributed by atoms with Crippen LogP contribution in [0, 0.1) is 5.92 Å². The molecule has 4 rings (SSSR count). The van der Waals surface area contributed by atoms with E-state index in [4.69, 9.17) is 0 Å². The molecule has 1 aliphatic carbocycles. The fraction of sp³-hybridized carbons (Fsp3) is 0.714. The molecule has 2 aromatic rings. The van der Waals surface area contributed by atoms with E-state index in [0.717, 1.165) is 49.3 Å². The van der Waals surface area contributed by atoms with Crippen LogP contribution < -0.4 is 5.32 Å². The lowest BCUT2D eigenvalue weighted by Crippen LogP contribution is -2.16. The summed E-state index contributed by atoms with van der Waals surface area (Å²) in [5.41, 5.74) is 0.994. The standard InChI is InChI=1S/C14H21N7/c1-2-6-21-13(3-1)17-18-14(21)10-20-9-12(16-19-20)8-15-7-11-4-5-11/h9,11,15H,1-8,10H2. The minimum absolute atomic E-state index is 0.655. The van der Waals surface area contributed by atoms with E-state index in [9.17, 15) is 0 Å². The van der Waals surface area contributed by atoms with Crippen LogP contribution in [0.25, 0.3) is 0 Å². The zero-order chi connectivity index (χ0) is 14.1. The molecule has 112 valence electrons. The number of fused-ring (bicyclic) bond motifs is 1. The van der Waals surface area contributed by atoms with Crippen molar-refractivity contribution in [3.05, 3.63) is 23.5 Å². The van der Waals surface area contributed by atoms with E-state index in [2.05, 4.69) is 30.4 Å². The van der Waals surface area contributed by atoms with Crippen molar-refractivity contribution >= 4 is 0 Å². The van der Waals surface area contributed by atoms with Crippen molar-refractivity contribution in [1.82, 2.24) is 35.1 Å². The molecule has 3 heterocycles. The molecule has 0 atom stereocenters. The van der Waals surface area contributed by atoms with Gasteiger partial charge in [0.25, 0.3) is 0 Å². The van der Waals surface area contributed by atoms with Crippen molar-refractivity contribution < 1.29 is 0 Å². The molecule has 1 aliphatic heterocycles. The summed E-state index contributed by atoms with van der Waals surface area (Å²) in [4.78, 5) is 0. The molecule has 2 aromatic heterocycles. The number of nitrogens with one attached hydrogen (secondary N) is 1. The van der Waals surface area contributed by atoms with Crippen molar-refractivity contribution in [2.45, 2.75) is 51.7 Å². The lowest BCUT2D eigenvalue weighted by Gasteiger charge is -2.14. The van der Waals surface area contributed by atoms with Gasteiger partial charge in [0.1, 0.15) is 12.4 Å². The molecule has 0 spiro atoms. The van der Waals surface area contributed by atoms with Crippen molar-refractivity contribution in [3.8, 4) is 0 Å². The molecule has 2 aliphatic rings. The highest BCUT2D eigenvalue weighted by Gasteiger charge is 2.20. The van der Waals surface area contributed by atoms with E-state index in [-0.39, 0.29) is 0 Å². The second kappa shape index (κ2) is 5.55. The molecule has 0 unspecified atom stereocenters. The van der Waals surface area contributed by atoms with E-state index in [0.29, 0.717) is 6.54 Å². The number of hydrogen-bond acceptors (Lipinski definition) is 5. The van der Waals surface area contributed by atoms with Crippen molar-refractivity contribution in [2.75, 3.05) is 6.54 Å². The van der Waals surface area contributed by atoms with Gasteiger partial charge >= 0.3 is 0 Å². The van der Waals surface area contributed by atoms with Gasteiger partial charge in [0.05, 0.1) is 11.9 Å². The monoisotopic (exact) mass is 287 g/mol. The fourth-order valence-electron chi connectivity index (χ4n) is 2.85. The Bertz CT molecular complexity index is 611. The predicted molar refractivity (Wildman–Crippen MR) is 76.5 cm³/mol. The van der Waals surface area contributed by atoms with Gasteiger partial charge in [-0.05, 0) is 38.1 Å². The molecule has 0 amide bonds. The molecule has 0 bridgehead atoms. The summed E-state index contributed by atoms with van der Waals surface area (Å²) >= 11 is 0. The minimum atomic E-state index is 0.655. The molecule has 7 nitrogen and oxygen atoms in total. The van der Waals surface area contributed by atoms with Gasteiger partial charge in [-0.2, -0.15) is 0 Å². The van der Waals surface area contributed by atoms with E-state index in [1.165, 1.54) is 25.7 Å². The summed E-state index contributed by atoms with van der Waals surface area (Å²) in [7, 11) is 0. The largest absolute Gasteiger partial charge is 0.313 e. The minimum Gasteiger partial charge on any atom is -0.313 e. The molecule has 21 heavy (non-hydrogen) atoms. The lowest BCUT2D eigenvalue weighted by atomic mass is 10.2. The lowest BCUT2D eigenvalue weighted by molar-refractivity contribution is 0.493. The topological polar surface area (TPSA) is 73.5 Å². The third-order valence-electron chi connectivity index (χ3n) is 4.26. The molecule has 7 heteroatoms. The van der Waals surface area contributed by atoms with Crippen LogP contribution in [0.2, 0.25) is 0 Å². The Labute approximate surface area is 123 Å². The molecule has 1 N–H and O–H groups in total. The molecule has 1 fully saturated rings. The molecule has 0 saturated heterocycles. The summed E-state index contributed by atoms with van der Waals surface area (Å²) in [5.74, 6) is 3.00. The van der Waals surface area contributed by atoms with Crippen molar-refractivity contribution in [3.63, 3.8) is 0 Å². The number of aryl methyl sites for hydroxylation is 1. The second-order valence-corrected chi connectivity index (χ2v) is 6.12. The van der Waals surface area contributed by atoms with Crippen LogP contribution in [0.3, 0.4) is 0 Å². The Hall–Kier alpha value is -1.76. The normalized spacial score (nSPS) is 17.9. The summed E-state index contributed by atoms with van der Waals surface area (Å²) in [6, 6.07) is 0. The van der Waals surface area contributed by atoms with Gasteiger partial charge < -0.3 is 9.88 Å². The van der Waals surface area contributed by atoms with Crippen LogP contribution in [0.15, 0.2) is 6.20 Å². The third kappa shape index (κ3) is 2.97. The Balaban J connectivity index is 1.38. The summed E-state index contributed by atoms with van der Waals surface area (Å²) in [6.45, 7) is 3.59. The first-order chi connectivity index (χ1) is 10.4. The molecule has 0 radical (unpaired) electrons. The van der Waals surface area contributed by atoms with Gasteiger partial charge in [0, 0.05) is 19.5 Å². The first-order valence-electron chi connectivity index (χ1n) is 7.89. The van der Waals surface area contributed by atoms with Crippen LogP contribution >= 0.6 is 0 Å². The van der Waals surface area contributed by atoms with Crippen molar-refractivity contribution in [1.29, 1.82) is 0 Å². The number of nitrogens with zero attached hydrogens (tertiary/aromatic N) is 6. The Morgan fingerprint density at radius 1 is 1.19 bits per heavy atom. The zero-order valence-corrected chi connectivity index (χ0v) is 12.2. The van der Waals surface area contributed by atoms with Crippen molar-refractivity contribution in [2.24, 2.45) is 5.92 Å². The molecule has 1 saturated carbocycles. The molecular weight excluding hydrogens is 266 g/mol. The van der Waals surface area contributed by atoms with E-state index in [1.807, 2.05) is 10.9 Å². The first-order valence-corrected chi connectivity index (χ1v) is 7.89. The van der Waals surface area contributed by atoms with E-state index < -0.39 is 0 Å². The quantitative estimate of drug-likeness (QED) is 0.849. The second-order valence-electron chi connectivity index (χ2n) is 6.12. The maximum atomic E-state index is 4.30. The predicted octanol–water partition coefficient (Wildman–Crippen LogP) is 0.754. The first kappa shape index (κ1) is 12.9. The number of aromatic nitrogens is 6. The number of hydrogen-bond donors (Lipinski definition) is 1. The van der Waals surface area contributed by atoms with Crippen LogP contribution in [0.1, 0.15) is 43.0 Å². The summed E-state index contributed by atoms with van der Waals surface area (Å²) < 4.78 is 4.09. The Morgan fingerprint density at radius 2 is 2.14 bits per heavy atom. The Morgan fingerprint density at radius 3 is 3.05 bits per heavy atom. The number of rotatable bonds is 6. The summed E-state index contributed by atoms with van der Waals surface area (Å²) in [5, 5.41) is 20.4. The summed E-state index contributed by atoms with van der Waals surface area (Å²) in [6.07, 6.45) is 8.23. The Kier molecular flexibility index (Phi) is 3.42. The van der Waals surface area contributed by atoms with Gasteiger partial charge in [-0.3, -0.25) is 0 Å². The maximum absolute atomic E-state index is 4.30. The SMILES string of the molecule is c1c(CNCC2CC2)nnn1Cc1nnc2n1CCCC2. The smallest absolute Gasteiger partial charge is 0.154 e. The van der Waals surface area contributed by atoms with E-state index in [1.54, 1.807) is 0 Å². The fourth-order valence-corrected chi connectivity index (χ4v) is 2.85. The highest BCUT2D eigenvalue weighted by atomic mass is 15.4. The maximum Gasteiger partial charge on any atom is 0.154 e. The molecule has 0 aromatic carbocycles. The average Bonchev–Trinajstić information content (AvgIpc) is 3.08. The zero-order valence-electron chi connectivity index (χ0n) is 12.2. The molecular formula is C14H21N7.